The Kier molecular flexibility index (Phi) is 8.72. The van der Waals surface area contributed by atoms with Crippen LogP contribution in [0.4, 0.5) is 0 Å². The minimum atomic E-state index is -0.572. The largest absolute Gasteiger partial charge is 0.381 e. The fourth-order valence-electron chi connectivity index (χ4n) is 1.45. The summed E-state index contributed by atoms with van der Waals surface area (Å²) in [6.07, 6.45) is 6.04. The second-order valence-electron chi connectivity index (χ2n) is 4.27. The summed E-state index contributed by atoms with van der Waals surface area (Å²) < 4.78 is 10.3. The molecule has 100 valence electrons. The van der Waals surface area contributed by atoms with Crippen LogP contribution in [0.15, 0.2) is 12.2 Å². The summed E-state index contributed by atoms with van der Waals surface area (Å²) >= 11 is 0. The van der Waals surface area contributed by atoms with Crippen molar-refractivity contribution in [3.8, 4) is 0 Å². The zero-order valence-electron chi connectivity index (χ0n) is 11.3. The minimum Gasteiger partial charge on any atom is -0.381 e. The van der Waals surface area contributed by atoms with Crippen molar-refractivity contribution in [3.63, 3.8) is 0 Å². The highest BCUT2D eigenvalue weighted by Crippen LogP contribution is 2.11. The average Bonchev–Trinajstić information content (AvgIpc) is 2.32. The molecule has 17 heavy (non-hydrogen) atoms. The standard InChI is InChI=1S/C13H25NO3/c1-5-10(2)7-6-8-11(16-3)9-12(17-4)13(14)15/h6-7,10-12H,5,8-9H2,1-4H3,(H2,14,15)/b7-6+. The molecule has 0 aliphatic heterocycles. The molecule has 0 heterocycles. The van der Waals surface area contributed by atoms with Gasteiger partial charge in [0.05, 0.1) is 6.10 Å². The third kappa shape index (κ3) is 7.13. The number of allylic oxidation sites excluding steroid dienone is 1. The van der Waals surface area contributed by atoms with E-state index in [0.717, 1.165) is 12.8 Å². The van der Waals surface area contributed by atoms with Crippen molar-refractivity contribution in [3.05, 3.63) is 12.2 Å². The van der Waals surface area contributed by atoms with Gasteiger partial charge in [-0.25, -0.2) is 0 Å². The summed E-state index contributed by atoms with van der Waals surface area (Å²) in [5.74, 6) is 0.127. The molecular weight excluding hydrogens is 218 g/mol. The zero-order valence-corrected chi connectivity index (χ0v) is 11.3. The van der Waals surface area contributed by atoms with Crippen molar-refractivity contribution >= 4 is 5.91 Å². The van der Waals surface area contributed by atoms with Gasteiger partial charge in [0.2, 0.25) is 5.91 Å². The monoisotopic (exact) mass is 243 g/mol. The molecule has 0 aromatic rings. The van der Waals surface area contributed by atoms with Crippen LogP contribution in [0.2, 0.25) is 0 Å². The van der Waals surface area contributed by atoms with Crippen molar-refractivity contribution in [2.24, 2.45) is 11.7 Å². The number of carbonyl (C=O) groups excluding carboxylic acids is 1. The first kappa shape index (κ1) is 16.1. The maximum absolute atomic E-state index is 11.0. The molecule has 0 aliphatic carbocycles. The lowest BCUT2D eigenvalue weighted by Gasteiger charge is -2.18. The summed E-state index contributed by atoms with van der Waals surface area (Å²) in [6, 6.07) is 0. The first-order valence-corrected chi connectivity index (χ1v) is 6.06. The number of nitrogens with two attached hydrogens (primary N) is 1. The van der Waals surface area contributed by atoms with Gasteiger partial charge in [0.25, 0.3) is 0 Å². The molecule has 1 amide bonds. The van der Waals surface area contributed by atoms with Crippen LogP contribution in [0.5, 0.6) is 0 Å². The second kappa shape index (κ2) is 9.19. The van der Waals surface area contributed by atoms with Crippen LogP contribution >= 0.6 is 0 Å². The van der Waals surface area contributed by atoms with E-state index in [-0.39, 0.29) is 6.10 Å². The van der Waals surface area contributed by atoms with E-state index in [9.17, 15) is 4.79 Å². The number of primary amides is 1. The molecule has 0 fully saturated rings. The smallest absolute Gasteiger partial charge is 0.246 e. The number of amides is 1. The SMILES string of the molecule is CCC(C)/C=C/CC(CC(OC)C(N)=O)OC. The van der Waals surface area contributed by atoms with E-state index < -0.39 is 12.0 Å². The first-order valence-electron chi connectivity index (χ1n) is 6.06. The molecule has 3 atom stereocenters. The molecule has 0 aromatic heterocycles. The van der Waals surface area contributed by atoms with Gasteiger partial charge in [-0.1, -0.05) is 32.4 Å². The Labute approximate surface area is 104 Å². The maximum atomic E-state index is 11.0. The number of hydrogen-bond donors (Lipinski definition) is 1. The van der Waals surface area contributed by atoms with Crippen LogP contribution in [-0.4, -0.2) is 32.3 Å². The Balaban J connectivity index is 4.15. The summed E-state index contributed by atoms with van der Waals surface area (Å²) in [4.78, 5) is 11.0. The normalized spacial score (nSPS) is 16.9. The molecule has 0 spiro atoms. The highest BCUT2D eigenvalue weighted by molar-refractivity contribution is 5.78. The van der Waals surface area contributed by atoms with Gasteiger partial charge in [-0.3, -0.25) is 4.79 Å². The Morgan fingerprint density at radius 1 is 1.35 bits per heavy atom. The molecule has 0 saturated heterocycles. The van der Waals surface area contributed by atoms with Gasteiger partial charge in [-0.2, -0.15) is 0 Å². The molecule has 2 N–H and O–H groups in total. The summed E-state index contributed by atoms with van der Waals surface area (Å²) in [7, 11) is 3.12. The van der Waals surface area contributed by atoms with Gasteiger partial charge in [0.1, 0.15) is 6.10 Å². The van der Waals surface area contributed by atoms with E-state index in [1.807, 2.05) is 0 Å². The lowest BCUT2D eigenvalue weighted by Crippen LogP contribution is -2.34. The minimum absolute atomic E-state index is 0.0345. The molecule has 0 rings (SSSR count). The first-order chi connectivity index (χ1) is 8.04. The van der Waals surface area contributed by atoms with Crippen molar-refractivity contribution < 1.29 is 14.3 Å². The Morgan fingerprint density at radius 3 is 2.41 bits per heavy atom. The van der Waals surface area contributed by atoms with Crippen molar-refractivity contribution in [1.82, 2.24) is 0 Å². The predicted octanol–water partition coefficient (Wildman–Crippen LogP) is 1.88. The highest BCUT2D eigenvalue weighted by Gasteiger charge is 2.19. The molecule has 3 unspecified atom stereocenters. The summed E-state index contributed by atoms with van der Waals surface area (Å²) in [5.41, 5.74) is 5.21. The zero-order chi connectivity index (χ0) is 13.3. The molecular formula is C13H25NO3. The lowest BCUT2D eigenvalue weighted by atomic mass is 10.0. The fraction of sp³-hybridized carbons (Fsp3) is 0.769. The second-order valence-corrected chi connectivity index (χ2v) is 4.27. The molecule has 0 radical (unpaired) electrons. The van der Waals surface area contributed by atoms with Crippen LogP contribution in [-0.2, 0) is 14.3 Å². The van der Waals surface area contributed by atoms with Gasteiger partial charge < -0.3 is 15.2 Å². The van der Waals surface area contributed by atoms with Crippen molar-refractivity contribution in [1.29, 1.82) is 0 Å². The summed E-state index contributed by atoms with van der Waals surface area (Å²) in [6.45, 7) is 4.32. The number of ether oxygens (including phenoxy) is 2. The van der Waals surface area contributed by atoms with Crippen molar-refractivity contribution in [2.45, 2.75) is 45.3 Å². The van der Waals surface area contributed by atoms with Crippen molar-refractivity contribution in [2.75, 3.05) is 14.2 Å². The molecule has 0 aliphatic rings. The molecule has 4 nitrogen and oxygen atoms in total. The fourth-order valence-corrected chi connectivity index (χ4v) is 1.45. The number of methoxy groups -OCH3 is 2. The Morgan fingerprint density at radius 2 is 2.00 bits per heavy atom. The highest BCUT2D eigenvalue weighted by atomic mass is 16.5. The number of hydrogen-bond acceptors (Lipinski definition) is 3. The van der Waals surface area contributed by atoms with Gasteiger partial charge in [0, 0.05) is 20.6 Å². The van der Waals surface area contributed by atoms with Crippen LogP contribution in [0, 0.1) is 5.92 Å². The van der Waals surface area contributed by atoms with Crippen LogP contribution in [0.25, 0.3) is 0 Å². The van der Waals surface area contributed by atoms with Gasteiger partial charge in [-0.15, -0.1) is 0 Å². The van der Waals surface area contributed by atoms with Gasteiger partial charge in [-0.05, 0) is 12.3 Å². The number of rotatable bonds is 9. The maximum Gasteiger partial charge on any atom is 0.246 e. The van der Waals surface area contributed by atoms with Crippen LogP contribution in [0.3, 0.4) is 0 Å². The van der Waals surface area contributed by atoms with Gasteiger partial charge in [0.15, 0.2) is 0 Å². The molecule has 0 saturated carbocycles. The topological polar surface area (TPSA) is 61.5 Å². The molecule has 4 heteroatoms. The third-order valence-electron chi connectivity index (χ3n) is 2.92. The van der Waals surface area contributed by atoms with Crippen LogP contribution in [0.1, 0.15) is 33.1 Å². The van der Waals surface area contributed by atoms with Gasteiger partial charge >= 0.3 is 0 Å². The Hall–Kier alpha value is -0.870. The van der Waals surface area contributed by atoms with E-state index in [0.29, 0.717) is 12.3 Å². The average molecular weight is 243 g/mol. The van der Waals surface area contributed by atoms with E-state index in [1.165, 1.54) is 7.11 Å². The van der Waals surface area contributed by atoms with E-state index in [1.54, 1.807) is 7.11 Å². The third-order valence-corrected chi connectivity index (χ3v) is 2.92. The van der Waals surface area contributed by atoms with E-state index in [4.69, 9.17) is 15.2 Å². The number of carbonyl (C=O) groups is 1. The lowest BCUT2D eigenvalue weighted by molar-refractivity contribution is -0.129. The van der Waals surface area contributed by atoms with Crippen LogP contribution < -0.4 is 5.73 Å². The quantitative estimate of drug-likeness (QED) is 0.629. The summed E-state index contributed by atoms with van der Waals surface area (Å²) in [5, 5.41) is 0. The van der Waals surface area contributed by atoms with E-state index in [2.05, 4.69) is 26.0 Å². The molecule has 0 bridgehead atoms. The predicted molar refractivity (Wildman–Crippen MR) is 68.6 cm³/mol. The molecule has 0 aromatic carbocycles. The Bertz CT molecular complexity index is 241. The van der Waals surface area contributed by atoms with E-state index >= 15 is 0 Å².